The minimum absolute atomic E-state index is 0.0746. The Bertz CT molecular complexity index is 433. The van der Waals surface area contributed by atoms with E-state index in [0.29, 0.717) is 0 Å². The number of nitrogens with one attached hydrogen (secondary N) is 1. The standard InChI is InChI=1S/C11H12FNO4/c1-3-17-11(15)10(14)13-8-6-7(12)4-5-9(8)16-2/h4-6H,3H2,1-2H3,(H,13,14). The van der Waals surface area contributed by atoms with Crippen LogP contribution in [0.5, 0.6) is 5.75 Å². The number of ether oxygens (including phenoxy) is 2. The molecule has 0 aromatic heterocycles. The van der Waals surface area contributed by atoms with Crippen LogP contribution in [0.15, 0.2) is 18.2 Å². The van der Waals surface area contributed by atoms with Crippen molar-refractivity contribution in [2.24, 2.45) is 0 Å². The molecule has 1 rings (SSSR count). The summed E-state index contributed by atoms with van der Waals surface area (Å²) < 4.78 is 22.4. The summed E-state index contributed by atoms with van der Waals surface area (Å²) in [5.41, 5.74) is 0.0746. The Morgan fingerprint density at radius 1 is 1.41 bits per heavy atom. The molecule has 0 unspecified atom stereocenters. The molecule has 0 aliphatic carbocycles. The molecule has 17 heavy (non-hydrogen) atoms. The molecule has 1 N–H and O–H groups in total. The lowest BCUT2D eigenvalue weighted by molar-refractivity contribution is -0.152. The average Bonchev–Trinajstić information content (AvgIpc) is 2.29. The van der Waals surface area contributed by atoms with Gasteiger partial charge in [0.05, 0.1) is 19.4 Å². The molecule has 0 atom stereocenters. The van der Waals surface area contributed by atoms with Gasteiger partial charge in [0.25, 0.3) is 0 Å². The molecule has 0 spiro atoms. The van der Waals surface area contributed by atoms with E-state index in [1.165, 1.54) is 19.2 Å². The molecule has 0 heterocycles. The van der Waals surface area contributed by atoms with E-state index in [0.717, 1.165) is 6.07 Å². The third-order valence-corrected chi connectivity index (χ3v) is 1.87. The number of hydrogen-bond acceptors (Lipinski definition) is 4. The maximum atomic E-state index is 13.0. The van der Waals surface area contributed by atoms with Crippen molar-refractivity contribution in [1.82, 2.24) is 0 Å². The van der Waals surface area contributed by atoms with Crippen LogP contribution in [0.4, 0.5) is 10.1 Å². The van der Waals surface area contributed by atoms with Crippen molar-refractivity contribution in [3.05, 3.63) is 24.0 Å². The highest BCUT2D eigenvalue weighted by molar-refractivity contribution is 6.37. The lowest BCUT2D eigenvalue weighted by atomic mass is 10.3. The smallest absolute Gasteiger partial charge is 0.397 e. The van der Waals surface area contributed by atoms with Gasteiger partial charge in [-0.1, -0.05) is 0 Å². The Morgan fingerprint density at radius 2 is 2.12 bits per heavy atom. The predicted octanol–water partition coefficient (Wildman–Crippen LogP) is 1.34. The topological polar surface area (TPSA) is 64.6 Å². The quantitative estimate of drug-likeness (QED) is 0.640. The van der Waals surface area contributed by atoms with Crippen molar-refractivity contribution >= 4 is 17.6 Å². The fourth-order valence-electron chi connectivity index (χ4n) is 1.15. The SMILES string of the molecule is CCOC(=O)C(=O)Nc1cc(F)ccc1OC. The minimum Gasteiger partial charge on any atom is -0.495 e. The van der Waals surface area contributed by atoms with Crippen LogP contribution in [0, 0.1) is 5.82 Å². The Morgan fingerprint density at radius 3 is 2.71 bits per heavy atom. The molecular weight excluding hydrogens is 229 g/mol. The van der Waals surface area contributed by atoms with Gasteiger partial charge in [-0.3, -0.25) is 4.79 Å². The molecule has 1 aromatic rings. The van der Waals surface area contributed by atoms with Crippen LogP contribution in [-0.4, -0.2) is 25.6 Å². The fraction of sp³-hybridized carbons (Fsp3) is 0.273. The molecule has 1 aromatic carbocycles. The van der Waals surface area contributed by atoms with Crippen LogP contribution in [0.25, 0.3) is 0 Å². The van der Waals surface area contributed by atoms with Crippen LogP contribution in [-0.2, 0) is 14.3 Å². The molecule has 92 valence electrons. The number of methoxy groups -OCH3 is 1. The number of hydrogen-bond donors (Lipinski definition) is 1. The summed E-state index contributed by atoms with van der Waals surface area (Å²) in [6.45, 7) is 1.67. The number of benzene rings is 1. The largest absolute Gasteiger partial charge is 0.495 e. The Kier molecular flexibility index (Phi) is 4.45. The van der Waals surface area contributed by atoms with E-state index in [1.54, 1.807) is 6.92 Å². The van der Waals surface area contributed by atoms with Gasteiger partial charge in [-0.2, -0.15) is 0 Å². The van der Waals surface area contributed by atoms with Crippen molar-refractivity contribution in [1.29, 1.82) is 0 Å². The summed E-state index contributed by atoms with van der Waals surface area (Å²) in [6.07, 6.45) is 0. The molecule has 0 aliphatic rings. The monoisotopic (exact) mass is 241 g/mol. The van der Waals surface area contributed by atoms with E-state index in [4.69, 9.17) is 4.74 Å². The van der Waals surface area contributed by atoms with Crippen LogP contribution in [0.1, 0.15) is 6.92 Å². The summed E-state index contributed by atoms with van der Waals surface area (Å²) >= 11 is 0. The van der Waals surface area contributed by atoms with Gasteiger partial charge < -0.3 is 14.8 Å². The first-order valence-corrected chi connectivity index (χ1v) is 4.90. The number of amides is 1. The zero-order chi connectivity index (χ0) is 12.8. The first kappa shape index (κ1) is 13.0. The predicted molar refractivity (Wildman–Crippen MR) is 58.2 cm³/mol. The first-order chi connectivity index (χ1) is 8.08. The van der Waals surface area contributed by atoms with E-state index in [-0.39, 0.29) is 18.0 Å². The van der Waals surface area contributed by atoms with Crippen molar-refractivity contribution < 1.29 is 23.5 Å². The highest BCUT2D eigenvalue weighted by Crippen LogP contribution is 2.24. The summed E-state index contributed by atoms with van der Waals surface area (Å²) in [7, 11) is 1.37. The Hall–Kier alpha value is -2.11. The van der Waals surface area contributed by atoms with Gasteiger partial charge in [-0.25, -0.2) is 9.18 Å². The van der Waals surface area contributed by atoms with Gasteiger partial charge in [-0.05, 0) is 19.1 Å². The highest BCUT2D eigenvalue weighted by atomic mass is 19.1. The molecular formula is C11H12FNO4. The second-order valence-corrected chi connectivity index (χ2v) is 3.02. The second kappa shape index (κ2) is 5.83. The van der Waals surface area contributed by atoms with Gasteiger partial charge in [0, 0.05) is 6.07 Å². The van der Waals surface area contributed by atoms with E-state index in [1.807, 2.05) is 0 Å². The van der Waals surface area contributed by atoms with E-state index in [2.05, 4.69) is 10.1 Å². The van der Waals surface area contributed by atoms with Gasteiger partial charge in [-0.15, -0.1) is 0 Å². The van der Waals surface area contributed by atoms with Crippen LogP contribution >= 0.6 is 0 Å². The molecule has 1 amide bonds. The molecule has 0 saturated carbocycles. The average molecular weight is 241 g/mol. The maximum Gasteiger partial charge on any atom is 0.397 e. The van der Waals surface area contributed by atoms with Crippen molar-refractivity contribution in [3.8, 4) is 5.75 Å². The van der Waals surface area contributed by atoms with E-state index < -0.39 is 17.7 Å². The minimum atomic E-state index is -1.03. The zero-order valence-electron chi connectivity index (χ0n) is 9.45. The molecule has 5 nitrogen and oxygen atoms in total. The van der Waals surface area contributed by atoms with Crippen LogP contribution in [0.2, 0.25) is 0 Å². The number of anilines is 1. The number of halogens is 1. The van der Waals surface area contributed by atoms with Crippen LogP contribution in [0.3, 0.4) is 0 Å². The lowest BCUT2D eigenvalue weighted by Gasteiger charge is -2.09. The van der Waals surface area contributed by atoms with E-state index in [9.17, 15) is 14.0 Å². The third-order valence-electron chi connectivity index (χ3n) is 1.87. The van der Waals surface area contributed by atoms with E-state index >= 15 is 0 Å². The maximum absolute atomic E-state index is 13.0. The molecule has 0 saturated heterocycles. The van der Waals surface area contributed by atoms with Gasteiger partial charge in [0.2, 0.25) is 0 Å². The third kappa shape index (κ3) is 3.44. The lowest BCUT2D eigenvalue weighted by Crippen LogP contribution is -2.25. The Labute approximate surface area is 97.5 Å². The molecule has 0 radical (unpaired) electrons. The fourth-order valence-corrected chi connectivity index (χ4v) is 1.15. The normalized spacial score (nSPS) is 9.59. The summed E-state index contributed by atoms with van der Waals surface area (Å²) in [5, 5.41) is 2.21. The second-order valence-electron chi connectivity index (χ2n) is 3.02. The molecule has 0 bridgehead atoms. The Balaban J connectivity index is 2.83. The highest BCUT2D eigenvalue weighted by Gasteiger charge is 2.17. The van der Waals surface area contributed by atoms with Crippen molar-refractivity contribution in [2.45, 2.75) is 6.92 Å². The molecule has 0 fully saturated rings. The number of carbonyl (C=O) groups is 2. The molecule has 6 heteroatoms. The number of esters is 1. The van der Waals surface area contributed by atoms with Crippen molar-refractivity contribution in [3.63, 3.8) is 0 Å². The summed E-state index contributed by atoms with van der Waals surface area (Å²) in [4.78, 5) is 22.4. The van der Waals surface area contributed by atoms with Crippen molar-refractivity contribution in [2.75, 3.05) is 19.0 Å². The zero-order valence-corrected chi connectivity index (χ0v) is 9.45. The van der Waals surface area contributed by atoms with Crippen LogP contribution < -0.4 is 10.1 Å². The van der Waals surface area contributed by atoms with Gasteiger partial charge in [0.15, 0.2) is 0 Å². The van der Waals surface area contributed by atoms with Gasteiger partial charge in [0.1, 0.15) is 11.6 Å². The summed E-state index contributed by atoms with van der Waals surface area (Å²) in [5.74, 6) is -2.30. The number of rotatable bonds is 3. The summed E-state index contributed by atoms with van der Waals surface area (Å²) in [6, 6.07) is 3.57. The van der Waals surface area contributed by atoms with Gasteiger partial charge >= 0.3 is 11.9 Å². The first-order valence-electron chi connectivity index (χ1n) is 4.90. The molecule has 0 aliphatic heterocycles. The number of carbonyl (C=O) groups excluding carboxylic acids is 2.